The molecular formula is C10H8BrCl. The van der Waals surface area contributed by atoms with Gasteiger partial charge < -0.3 is 0 Å². The van der Waals surface area contributed by atoms with Crippen LogP contribution in [-0.4, -0.2) is 0 Å². The minimum absolute atomic E-state index is 0.740. The maximum atomic E-state index is 5.89. The van der Waals surface area contributed by atoms with E-state index in [0.717, 1.165) is 22.3 Å². The first kappa shape index (κ1) is 9.64. The summed E-state index contributed by atoms with van der Waals surface area (Å²) in [6, 6.07) is 5.89. The van der Waals surface area contributed by atoms with Gasteiger partial charge in [-0.25, -0.2) is 0 Å². The van der Waals surface area contributed by atoms with Gasteiger partial charge in [0, 0.05) is 10.9 Å². The molecule has 12 heavy (non-hydrogen) atoms. The van der Waals surface area contributed by atoms with Gasteiger partial charge in [-0.3, -0.25) is 0 Å². The molecule has 0 aliphatic rings. The molecule has 0 saturated carbocycles. The lowest BCUT2D eigenvalue weighted by molar-refractivity contribution is 1.03. The third-order valence-corrected chi connectivity index (χ3v) is 2.77. The van der Waals surface area contributed by atoms with Crippen LogP contribution in [0.4, 0.5) is 0 Å². The summed E-state index contributed by atoms with van der Waals surface area (Å²) in [5.41, 5.74) is 1.18. The number of aryl methyl sites for hydroxylation is 1. The van der Waals surface area contributed by atoms with Gasteiger partial charge in [0.1, 0.15) is 0 Å². The molecule has 0 N–H and O–H groups in total. The second-order valence-electron chi connectivity index (χ2n) is 2.45. The predicted octanol–water partition coefficient (Wildman–Crippen LogP) is 3.67. The molecule has 0 bridgehead atoms. The van der Waals surface area contributed by atoms with Gasteiger partial charge in [-0.15, -0.1) is 12.3 Å². The van der Waals surface area contributed by atoms with E-state index in [-0.39, 0.29) is 0 Å². The molecule has 2 heteroatoms. The molecule has 0 nitrogen and oxygen atoms in total. The van der Waals surface area contributed by atoms with Gasteiger partial charge >= 0.3 is 0 Å². The van der Waals surface area contributed by atoms with Crippen molar-refractivity contribution < 1.29 is 0 Å². The molecule has 0 aromatic heterocycles. The van der Waals surface area contributed by atoms with Gasteiger partial charge in [0.15, 0.2) is 0 Å². The van der Waals surface area contributed by atoms with Gasteiger partial charge in [-0.1, -0.05) is 17.7 Å². The molecule has 0 aliphatic carbocycles. The molecule has 1 rings (SSSR count). The van der Waals surface area contributed by atoms with Crippen LogP contribution in [0.2, 0.25) is 5.02 Å². The lowest BCUT2D eigenvalue weighted by atomic mass is 10.1. The van der Waals surface area contributed by atoms with Crippen LogP contribution >= 0.6 is 27.5 Å². The highest BCUT2D eigenvalue weighted by molar-refractivity contribution is 9.10. The Balaban J connectivity index is 2.77. The molecule has 0 aliphatic heterocycles. The molecule has 1 aromatic carbocycles. The largest absolute Gasteiger partial charge is 0.120 e. The Morgan fingerprint density at radius 2 is 2.25 bits per heavy atom. The van der Waals surface area contributed by atoms with Gasteiger partial charge in [0.25, 0.3) is 0 Å². The first-order valence-corrected chi connectivity index (χ1v) is 4.78. The zero-order valence-electron chi connectivity index (χ0n) is 6.48. The van der Waals surface area contributed by atoms with Gasteiger partial charge in [0.05, 0.1) is 5.02 Å². The van der Waals surface area contributed by atoms with Crippen LogP contribution in [0.3, 0.4) is 0 Å². The SMILES string of the molecule is C#CCCc1ccc(Br)c(Cl)c1. The van der Waals surface area contributed by atoms with E-state index in [1.54, 1.807) is 0 Å². The molecule has 62 valence electrons. The molecule has 0 spiro atoms. The summed E-state index contributed by atoms with van der Waals surface area (Å²) in [7, 11) is 0. The van der Waals surface area contributed by atoms with E-state index in [0.29, 0.717) is 0 Å². The topological polar surface area (TPSA) is 0 Å². The van der Waals surface area contributed by atoms with Crippen molar-refractivity contribution in [3.63, 3.8) is 0 Å². The second-order valence-corrected chi connectivity index (χ2v) is 3.71. The zero-order valence-corrected chi connectivity index (χ0v) is 8.82. The third-order valence-electron chi connectivity index (χ3n) is 1.54. The van der Waals surface area contributed by atoms with Crippen LogP contribution in [-0.2, 0) is 6.42 Å². The molecular weight excluding hydrogens is 235 g/mol. The van der Waals surface area contributed by atoms with E-state index in [4.69, 9.17) is 18.0 Å². The van der Waals surface area contributed by atoms with Crippen molar-refractivity contribution in [1.29, 1.82) is 0 Å². The van der Waals surface area contributed by atoms with Gasteiger partial charge in [0.2, 0.25) is 0 Å². The van der Waals surface area contributed by atoms with Crippen molar-refractivity contribution in [2.75, 3.05) is 0 Å². The quantitative estimate of drug-likeness (QED) is 0.695. The molecule has 0 fully saturated rings. The van der Waals surface area contributed by atoms with Crippen LogP contribution in [0.25, 0.3) is 0 Å². The van der Waals surface area contributed by atoms with Gasteiger partial charge in [-0.2, -0.15) is 0 Å². The first-order valence-electron chi connectivity index (χ1n) is 3.61. The van der Waals surface area contributed by atoms with Crippen molar-refractivity contribution >= 4 is 27.5 Å². The monoisotopic (exact) mass is 242 g/mol. The normalized spacial score (nSPS) is 9.42. The Morgan fingerprint density at radius 1 is 1.50 bits per heavy atom. The highest BCUT2D eigenvalue weighted by atomic mass is 79.9. The van der Waals surface area contributed by atoms with Crippen LogP contribution in [0.1, 0.15) is 12.0 Å². The van der Waals surface area contributed by atoms with Crippen molar-refractivity contribution in [3.05, 3.63) is 33.3 Å². The number of terminal acetylenes is 1. The summed E-state index contributed by atoms with van der Waals surface area (Å²) < 4.78 is 0.925. The zero-order chi connectivity index (χ0) is 8.97. The third kappa shape index (κ3) is 2.55. The summed E-state index contributed by atoms with van der Waals surface area (Å²) in [4.78, 5) is 0. The molecule has 0 unspecified atom stereocenters. The summed E-state index contributed by atoms with van der Waals surface area (Å²) >= 11 is 9.22. The average molecular weight is 244 g/mol. The minimum atomic E-state index is 0.740. The van der Waals surface area contributed by atoms with Gasteiger partial charge in [-0.05, 0) is 40.0 Å². The van der Waals surface area contributed by atoms with E-state index in [2.05, 4.69) is 21.9 Å². The Morgan fingerprint density at radius 3 is 2.83 bits per heavy atom. The second kappa shape index (κ2) is 4.54. The lowest BCUT2D eigenvalue weighted by Crippen LogP contribution is -1.83. The maximum Gasteiger partial charge on any atom is 0.0550 e. The van der Waals surface area contributed by atoms with E-state index >= 15 is 0 Å². The number of hydrogen-bond acceptors (Lipinski definition) is 0. The Kier molecular flexibility index (Phi) is 3.65. The van der Waals surface area contributed by atoms with Crippen molar-refractivity contribution in [3.8, 4) is 12.3 Å². The number of halogens is 2. The number of hydrogen-bond donors (Lipinski definition) is 0. The Hall–Kier alpha value is -0.450. The van der Waals surface area contributed by atoms with E-state index in [1.165, 1.54) is 5.56 Å². The molecule has 0 radical (unpaired) electrons. The van der Waals surface area contributed by atoms with E-state index in [9.17, 15) is 0 Å². The highest BCUT2D eigenvalue weighted by Gasteiger charge is 1.97. The molecule has 0 amide bonds. The summed E-state index contributed by atoms with van der Waals surface area (Å²) in [5.74, 6) is 2.60. The smallest absolute Gasteiger partial charge is 0.0550 e. The maximum absolute atomic E-state index is 5.89. The standard InChI is InChI=1S/C10H8BrCl/c1-2-3-4-8-5-6-9(11)10(12)7-8/h1,5-7H,3-4H2. The van der Waals surface area contributed by atoms with Crippen molar-refractivity contribution in [2.45, 2.75) is 12.8 Å². The van der Waals surface area contributed by atoms with E-state index in [1.807, 2.05) is 18.2 Å². The summed E-state index contributed by atoms with van der Waals surface area (Å²) in [5, 5.41) is 0.740. The fourth-order valence-electron chi connectivity index (χ4n) is 0.912. The van der Waals surface area contributed by atoms with Crippen LogP contribution in [0.5, 0.6) is 0 Å². The Bertz CT molecular complexity index is 312. The molecule has 0 atom stereocenters. The number of benzene rings is 1. The molecule has 1 aromatic rings. The average Bonchev–Trinajstić information content (AvgIpc) is 2.07. The predicted molar refractivity (Wildman–Crippen MR) is 56.3 cm³/mol. The lowest BCUT2D eigenvalue weighted by Gasteiger charge is -1.99. The summed E-state index contributed by atoms with van der Waals surface area (Å²) in [6.07, 6.45) is 6.81. The van der Waals surface area contributed by atoms with Crippen molar-refractivity contribution in [2.24, 2.45) is 0 Å². The molecule has 0 heterocycles. The minimum Gasteiger partial charge on any atom is -0.120 e. The van der Waals surface area contributed by atoms with Crippen LogP contribution in [0, 0.1) is 12.3 Å². The first-order chi connectivity index (χ1) is 5.74. The fraction of sp³-hybridized carbons (Fsp3) is 0.200. The Labute approximate surface area is 86.1 Å². The van der Waals surface area contributed by atoms with Crippen LogP contribution < -0.4 is 0 Å². The highest BCUT2D eigenvalue weighted by Crippen LogP contribution is 2.23. The molecule has 0 saturated heterocycles. The van der Waals surface area contributed by atoms with Crippen LogP contribution in [0.15, 0.2) is 22.7 Å². The fourth-order valence-corrected chi connectivity index (χ4v) is 1.36. The summed E-state index contributed by atoms with van der Waals surface area (Å²) in [6.45, 7) is 0. The van der Waals surface area contributed by atoms with E-state index < -0.39 is 0 Å². The number of rotatable bonds is 2. The van der Waals surface area contributed by atoms with Crippen molar-refractivity contribution in [1.82, 2.24) is 0 Å².